The summed E-state index contributed by atoms with van der Waals surface area (Å²) in [4.78, 5) is 0. The van der Waals surface area contributed by atoms with E-state index in [9.17, 15) is 5.11 Å². The normalized spacial score (nSPS) is 10.9. The quantitative estimate of drug-likeness (QED) is 0.578. The Kier molecular flexibility index (Phi) is 3.94. The molecule has 0 atom stereocenters. The van der Waals surface area contributed by atoms with Crippen molar-refractivity contribution in [2.45, 2.75) is 6.92 Å². The smallest absolute Gasteiger partial charge is 0.488 e. The first kappa shape index (κ1) is 13.3. The first-order valence-electron chi connectivity index (χ1n) is 5.74. The van der Waals surface area contributed by atoms with E-state index in [4.69, 9.17) is 10.0 Å². The molecule has 0 aliphatic rings. The van der Waals surface area contributed by atoms with Crippen LogP contribution in [0, 0.1) is 6.92 Å². The van der Waals surface area contributed by atoms with Gasteiger partial charge in [0.2, 0.25) is 0 Å². The van der Waals surface area contributed by atoms with E-state index in [0.29, 0.717) is 16.8 Å². The first-order valence-corrected chi connectivity index (χ1v) is 5.74. The number of aryl methyl sites for hydroxylation is 1. The minimum atomic E-state index is -1.49. The molecule has 96 valence electrons. The van der Waals surface area contributed by atoms with Crippen LogP contribution in [0.1, 0.15) is 5.56 Å². The minimum absolute atomic E-state index is 0.0751. The molecule has 0 unspecified atom stereocenters. The number of hydrogen-bond acceptors (Lipinski definition) is 5. The fourth-order valence-corrected chi connectivity index (χ4v) is 1.54. The lowest BCUT2D eigenvalue weighted by Crippen LogP contribution is -2.29. The van der Waals surface area contributed by atoms with Gasteiger partial charge in [0.15, 0.2) is 0 Å². The van der Waals surface area contributed by atoms with Gasteiger partial charge >= 0.3 is 7.12 Å². The van der Waals surface area contributed by atoms with Gasteiger partial charge in [0.05, 0.1) is 5.69 Å². The second-order valence-electron chi connectivity index (χ2n) is 4.16. The van der Waals surface area contributed by atoms with Gasteiger partial charge in [-0.3, -0.25) is 0 Å². The Morgan fingerprint density at radius 1 is 0.947 bits per heavy atom. The largest absolute Gasteiger partial charge is 0.506 e. The van der Waals surface area contributed by atoms with Gasteiger partial charge in [-0.15, -0.1) is 5.11 Å². The van der Waals surface area contributed by atoms with E-state index in [2.05, 4.69) is 10.2 Å². The van der Waals surface area contributed by atoms with Crippen LogP contribution in [0.2, 0.25) is 0 Å². The Morgan fingerprint density at radius 2 is 1.63 bits per heavy atom. The SMILES string of the molecule is Cc1ccc(N=Nc2ccc(B(O)O)cc2)c(O)c1. The predicted octanol–water partition coefficient (Wildman–Crippen LogP) is 1.80. The van der Waals surface area contributed by atoms with E-state index < -0.39 is 7.12 Å². The highest BCUT2D eigenvalue weighted by Crippen LogP contribution is 2.28. The fraction of sp³-hybridized carbons (Fsp3) is 0.0769. The molecule has 0 heterocycles. The molecule has 6 heteroatoms. The fourth-order valence-electron chi connectivity index (χ4n) is 1.54. The summed E-state index contributed by atoms with van der Waals surface area (Å²) in [6.07, 6.45) is 0. The summed E-state index contributed by atoms with van der Waals surface area (Å²) in [5.41, 5.74) is 2.27. The first-order chi connectivity index (χ1) is 9.06. The van der Waals surface area contributed by atoms with Crippen LogP contribution in [-0.4, -0.2) is 22.3 Å². The van der Waals surface area contributed by atoms with Crippen LogP contribution in [0.15, 0.2) is 52.7 Å². The Balaban J connectivity index is 2.18. The molecule has 0 aliphatic heterocycles. The summed E-state index contributed by atoms with van der Waals surface area (Å²) in [7, 11) is -1.49. The number of phenolic OH excluding ortho intramolecular Hbond substituents is 1. The molecule has 0 radical (unpaired) electrons. The van der Waals surface area contributed by atoms with Crippen molar-refractivity contribution in [1.29, 1.82) is 0 Å². The van der Waals surface area contributed by atoms with E-state index in [1.54, 1.807) is 36.4 Å². The number of rotatable bonds is 3. The summed E-state index contributed by atoms with van der Waals surface area (Å²) >= 11 is 0. The van der Waals surface area contributed by atoms with Crippen LogP contribution in [0.3, 0.4) is 0 Å². The van der Waals surface area contributed by atoms with Gasteiger partial charge in [-0.2, -0.15) is 5.11 Å². The molecule has 0 spiro atoms. The van der Waals surface area contributed by atoms with Crippen molar-refractivity contribution in [3.05, 3.63) is 48.0 Å². The third-order valence-corrected chi connectivity index (χ3v) is 2.60. The molecule has 5 nitrogen and oxygen atoms in total. The number of phenols is 1. The molecule has 2 aromatic rings. The average Bonchev–Trinajstić information content (AvgIpc) is 2.38. The Bertz CT molecular complexity index is 597. The van der Waals surface area contributed by atoms with Crippen molar-refractivity contribution in [2.75, 3.05) is 0 Å². The number of azo groups is 1. The molecule has 2 aromatic carbocycles. The average molecular weight is 256 g/mol. The molecular formula is C13H13BN2O3. The summed E-state index contributed by atoms with van der Waals surface area (Å²) in [6, 6.07) is 11.5. The van der Waals surface area contributed by atoms with Crippen molar-refractivity contribution in [3.8, 4) is 5.75 Å². The van der Waals surface area contributed by atoms with E-state index >= 15 is 0 Å². The Morgan fingerprint density at radius 3 is 2.21 bits per heavy atom. The van der Waals surface area contributed by atoms with E-state index in [0.717, 1.165) is 5.56 Å². The van der Waals surface area contributed by atoms with Gasteiger partial charge in [-0.1, -0.05) is 18.2 Å². The third kappa shape index (κ3) is 3.40. The zero-order valence-corrected chi connectivity index (χ0v) is 10.4. The molecule has 0 aliphatic carbocycles. The van der Waals surface area contributed by atoms with Crippen LogP contribution in [-0.2, 0) is 0 Å². The lowest BCUT2D eigenvalue weighted by atomic mass is 9.80. The maximum atomic E-state index is 9.67. The third-order valence-electron chi connectivity index (χ3n) is 2.60. The van der Waals surface area contributed by atoms with Gasteiger partial charge in [-0.05, 0) is 42.2 Å². The highest BCUT2D eigenvalue weighted by Gasteiger charge is 2.09. The summed E-state index contributed by atoms with van der Waals surface area (Å²) in [6.45, 7) is 1.87. The van der Waals surface area contributed by atoms with E-state index in [-0.39, 0.29) is 5.75 Å². The molecule has 0 fully saturated rings. The standard InChI is InChI=1S/C13H13BN2O3/c1-9-2-7-12(13(17)8-9)16-15-11-5-3-10(4-6-11)14(18)19/h2-8,17-19H,1H3. The topological polar surface area (TPSA) is 85.4 Å². The lowest BCUT2D eigenvalue weighted by molar-refractivity contribution is 0.426. The minimum Gasteiger partial charge on any atom is -0.506 e. The second kappa shape index (κ2) is 5.64. The van der Waals surface area contributed by atoms with Crippen molar-refractivity contribution in [3.63, 3.8) is 0 Å². The van der Waals surface area contributed by atoms with Crippen LogP contribution >= 0.6 is 0 Å². The van der Waals surface area contributed by atoms with Gasteiger partial charge < -0.3 is 15.2 Å². The van der Waals surface area contributed by atoms with Crippen LogP contribution in [0.5, 0.6) is 5.75 Å². The molecule has 0 bridgehead atoms. The van der Waals surface area contributed by atoms with Gasteiger partial charge in [0.25, 0.3) is 0 Å². The second-order valence-corrected chi connectivity index (χ2v) is 4.16. The van der Waals surface area contributed by atoms with Crippen molar-refractivity contribution >= 4 is 24.0 Å². The van der Waals surface area contributed by atoms with Gasteiger partial charge in [0.1, 0.15) is 11.4 Å². The van der Waals surface area contributed by atoms with E-state index in [1.165, 1.54) is 0 Å². The molecule has 3 N–H and O–H groups in total. The predicted molar refractivity (Wildman–Crippen MR) is 73.3 cm³/mol. The van der Waals surface area contributed by atoms with Crippen LogP contribution in [0.4, 0.5) is 11.4 Å². The molecule has 0 saturated heterocycles. The molecule has 0 aromatic heterocycles. The number of hydrogen-bond donors (Lipinski definition) is 3. The highest BCUT2D eigenvalue weighted by molar-refractivity contribution is 6.58. The molecule has 0 amide bonds. The highest BCUT2D eigenvalue weighted by atomic mass is 16.4. The van der Waals surface area contributed by atoms with Crippen molar-refractivity contribution in [2.24, 2.45) is 10.2 Å². The van der Waals surface area contributed by atoms with Crippen molar-refractivity contribution < 1.29 is 15.2 Å². The van der Waals surface area contributed by atoms with Crippen LogP contribution < -0.4 is 5.46 Å². The molecule has 19 heavy (non-hydrogen) atoms. The monoisotopic (exact) mass is 256 g/mol. The maximum absolute atomic E-state index is 9.67. The Labute approximate surface area is 111 Å². The van der Waals surface area contributed by atoms with Crippen molar-refractivity contribution in [1.82, 2.24) is 0 Å². The molecular weight excluding hydrogens is 243 g/mol. The van der Waals surface area contributed by atoms with E-state index in [1.807, 2.05) is 13.0 Å². The molecule has 0 saturated carbocycles. The zero-order valence-electron chi connectivity index (χ0n) is 10.4. The Hall–Kier alpha value is -2.18. The maximum Gasteiger partial charge on any atom is 0.488 e. The lowest BCUT2D eigenvalue weighted by Gasteiger charge is -2.00. The summed E-state index contributed by atoms with van der Waals surface area (Å²) in [5.74, 6) is 0.0751. The summed E-state index contributed by atoms with van der Waals surface area (Å²) in [5, 5.41) is 35.5. The number of benzene rings is 2. The van der Waals surface area contributed by atoms with Gasteiger partial charge in [0, 0.05) is 0 Å². The van der Waals surface area contributed by atoms with Crippen LogP contribution in [0.25, 0.3) is 0 Å². The summed E-state index contributed by atoms with van der Waals surface area (Å²) < 4.78 is 0. The number of nitrogens with zero attached hydrogens (tertiary/aromatic N) is 2. The zero-order chi connectivity index (χ0) is 13.8. The molecule has 2 rings (SSSR count). The van der Waals surface area contributed by atoms with Gasteiger partial charge in [-0.25, -0.2) is 0 Å². The number of aromatic hydroxyl groups is 1.